The zero-order valence-corrected chi connectivity index (χ0v) is 10.7. The second-order valence-electron chi connectivity index (χ2n) is 5.01. The number of hydrogen-bond acceptors (Lipinski definition) is 2. The Balaban J connectivity index is 2.59. The van der Waals surface area contributed by atoms with E-state index < -0.39 is 0 Å². The molecule has 0 saturated carbocycles. The van der Waals surface area contributed by atoms with E-state index in [0.29, 0.717) is 5.69 Å². The van der Waals surface area contributed by atoms with Crippen LogP contribution in [0.15, 0.2) is 18.2 Å². The van der Waals surface area contributed by atoms with Crippen molar-refractivity contribution in [3.63, 3.8) is 0 Å². The van der Waals surface area contributed by atoms with Crippen LogP contribution in [-0.4, -0.2) is 11.4 Å². The molecule has 0 fully saturated rings. The van der Waals surface area contributed by atoms with Gasteiger partial charge in [0.1, 0.15) is 0 Å². The van der Waals surface area contributed by atoms with E-state index in [1.807, 2.05) is 39.0 Å². The Morgan fingerprint density at radius 1 is 1.38 bits per heavy atom. The van der Waals surface area contributed by atoms with Gasteiger partial charge in [0, 0.05) is 0 Å². The molecule has 1 aliphatic rings. The second kappa shape index (κ2) is 3.50. The Morgan fingerprint density at radius 3 is 2.56 bits per heavy atom. The fraction of sp³-hybridized carbons (Fsp3) is 0.417. The van der Waals surface area contributed by atoms with Crippen molar-refractivity contribution in [2.75, 3.05) is 10.6 Å². The first-order chi connectivity index (χ1) is 7.32. The summed E-state index contributed by atoms with van der Waals surface area (Å²) in [5, 5.41) is 0. The van der Waals surface area contributed by atoms with E-state index in [-0.39, 0.29) is 16.3 Å². The van der Waals surface area contributed by atoms with E-state index in [9.17, 15) is 4.79 Å². The minimum atomic E-state index is -0.335. The predicted octanol–water partition coefficient (Wildman–Crippen LogP) is 2.00. The van der Waals surface area contributed by atoms with E-state index in [1.54, 1.807) is 4.90 Å². The van der Waals surface area contributed by atoms with Crippen molar-refractivity contribution in [3.8, 4) is 0 Å². The molecule has 2 N–H and O–H groups in total. The quantitative estimate of drug-likeness (QED) is 0.572. The molecule has 2 rings (SSSR count). The van der Waals surface area contributed by atoms with Crippen LogP contribution in [0.4, 0.5) is 11.4 Å². The van der Waals surface area contributed by atoms with Gasteiger partial charge in [0.2, 0.25) is 0 Å². The van der Waals surface area contributed by atoms with Crippen molar-refractivity contribution in [2.45, 2.75) is 31.1 Å². The van der Waals surface area contributed by atoms with Crippen molar-refractivity contribution in [1.29, 1.82) is 0 Å². The van der Waals surface area contributed by atoms with Crippen LogP contribution in [0.1, 0.15) is 31.2 Å². The van der Waals surface area contributed by atoms with Gasteiger partial charge in [0.25, 0.3) is 0 Å². The van der Waals surface area contributed by atoms with Crippen LogP contribution < -0.4 is 10.6 Å². The Kier molecular flexibility index (Phi) is 2.52. The van der Waals surface area contributed by atoms with Gasteiger partial charge < -0.3 is 0 Å². The number of anilines is 2. The molecular formula is C12H15FeN2O. The average molecular weight is 259 g/mol. The summed E-state index contributed by atoms with van der Waals surface area (Å²) in [7, 11) is 0. The van der Waals surface area contributed by atoms with E-state index in [2.05, 4.69) is 16.0 Å². The summed E-state index contributed by atoms with van der Waals surface area (Å²) in [4.78, 5) is 13.6. The van der Waals surface area contributed by atoms with Crippen LogP contribution in [0, 0.1) is 0 Å². The maximum absolute atomic E-state index is 12.1. The normalized spacial score (nSPS) is 20.1. The van der Waals surface area contributed by atoms with Crippen LogP contribution in [0.3, 0.4) is 0 Å². The zero-order chi connectivity index (χ0) is 12.1. The first-order valence-electron chi connectivity index (χ1n) is 5.18. The number of carbonyl (C=O) groups excluding carboxylic acids is 1. The van der Waals surface area contributed by atoms with E-state index >= 15 is 0 Å². The standard InChI is InChI=1S/C12H15N2O.Fe/c1-12(2,3)14-10-5-4-9(13)6-8(10)7-11(14)15;/h4-7H,13H2,1-3H3;. The third-order valence-corrected chi connectivity index (χ3v) is 3.28. The van der Waals surface area contributed by atoms with Gasteiger partial charge in [-0.1, -0.05) is 0 Å². The van der Waals surface area contributed by atoms with Gasteiger partial charge in [-0.25, -0.2) is 0 Å². The van der Waals surface area contributed by atoms with E-state index in [0.717, 1.165) is 11.3 Å². The summed E-state index contributed by atoms with van der Waals surface area (Å²) in [6, 6.07) is 5.57. The molecule has 1 amide bonds. The summed E-state index contributed by atoms with van der Waals surface area (Å²) in [6.45, 7) is 6.05. The monoisotopic (exact) mass is 259 g/mol. The molecule has 3 nitrogen and oxygen atoms in total. The van der Waals surface area contributed by atoms with Gasteiger partial charge in [0.15, 0.2) is 0 Å². The number of amides is 1. The number of hydrogen-bond donors (Lipinski definition) is 1. The first-order valence-corrected chi connectivity index (χ1v) is 5.82. The van der Waals surface area contributed by atoms with Gasteiger partial charge in [-0.15, -0.1) is 0 Å². The average Bonchev–Trinajstić information content (AvgIpc) is 2.40. The van der Waals surface area contributed by atoms with Crippen LogP contribution in [0.5, 0.6) is 0 Å². The molecule has 0 spiro atoms. The molecule has 1 aromatic carbocycles. The van der Waals surface area contributed by atoms with Crippen molar-refractivity contribution in [3.05, 3.63) is 23.8 Å². The molecule has 1 unspecified atom stereocenters. The number of nitrogen functional groups attached to an aromatic ring is 1. The summed E-state index contributed by atoms with van der Waals surface area (Å²) >= 11 is 3.92. The van der Waals surface area contributed by atoms with Crippen LogP contribution in [-0.2, 0) is 20.8 Å². The van der Waals surface area contributed by atoms with Gasteiger partial charge in [-0.2, -0.15) is 0 Å². The molecule has 0 saturated heterocycles. The molecule has 0 bridgehead atoms. The Hall–Kier alpha value is -0.991. The number of nitrogens with two attached hydrogens (primary N) is 1. The number of carbonyl (C=O) groups is 1. The van der Waals surface area contributed by atoms with Crippen molar-refractivity contribution in [1.82, 2.24) is 0 Å². The molecular weight excluding hydrogens is 244 g/mol. The summed E-state index contributed by atoms with van der Waals surface area (Å²) < 4.78 is 0. The number of rotatable bonds is 0. The van der Waals surface area contributed by atoms with Gasteiger partial charge in [-0.05, 0) is 0 Å². The van der Waals surface area contributed by atoms with Crippen molar-refractivity contribution >= 4 is 17.3 Å². The number of nitrogens with zero attached hydrogens (tertiary/aromatic N) is 1. The topological polar surface area (TPSA) is 46.3 Å². The molecule has 1 aliphatic heterocycles. The second-order valence-corrected chi connectivity index (χ2v) is 5.65. The molecule has 4 heteroatoms. The molecule has 1 atom stereocenters. The van der Waals surface area contributed by atoms with Crippen LogP contribution in [0.2, 0.25) is 0 Å². The molecule has 87 valence electrons. The van der Waals surface area contributed by atoms with Gasteiger partial charge in [0.05, 0.1) is 0 Å². The fourth-order valence-electron chi connectivity index (χ4n) is 2.03. The molecule has 1 aromatic rings. The van der Waals surface area contributed by atoms with Crippen LogP contribution >= 0.6 is 0 Å². The molecule has 1 heterocycles. The van der Waals surface area contributed by atoms with E-state index in [1.165, 1.54) is 0 Å². The van der Waals surface area contributed by atoms with Gasteiger partial charge in [-0.3, -0.25) is 0 Å². The Bertz CT molecular complexity index is 451. The van der Waals surface area contributed by atoms with Gasteiger partial charge >= 0.3 is 104 Å². The first kappa shape index (κ1) is 11.5. The molecule has 0 radical (unpaired) electrons. The number of benzene rings is 1. The molecule has 0 aliphatic carbocycles. The molecule has 16 heavy (non-hydrogen) atoms. The fourth-order valence-corrected chi connectivity index (χ4v) is 2.43. The van der Waals surface area contributed by atoms with Crippen molar-refractivity contribution < 1.29 is 20.8 Å². The SMILES string of the molecule is CC(C)(C)N1C(=O)[CH]([Fe])c2cc(N)ccc21. The zero-order valence-electron chi connectivity index (χ0n) is 9.60. The Labute approximate surface area is 104 Å². The van der Waals surface area contributed by atoms with Crippen molar-refractivity contribution in [2.24, 2.45) is 0 Å². The minimum absolute atomic E-state index is 0.0492. The van der Waals surface area contributed by atoms with E-state index in [4.69, 9.17) is 5.73 Å². The summed E-state index contributed by atoms with van der Waals surface area (Å²) in [6.07, 6.45) is 0. The third kappa shape index (κ3) is 1.62. The predicted molar refractivity (Wildman–Crippen MR) is 60.8 cm³/mol. The molecule has 0 aromatic heterocycles. The maximum atomic E-state index is 12.1. The number of fused-ring (bicyclic) bond motifs is 1. The summed E-state index contributed by atoms with van der Waals surface area (Å²) in [5.74, 6) is 0.0492. The third-order valence-electron chi connectivity index (χ3n) is 2.66. The Morgan fingerprint density at radius 2 is 2.00 bits per heavy atom. The summed E-state index contributed by atoms with van der Waals surface area (Å²) in [5.41, 5.74) is 8.05. The van der Waals surface area contributed by atoms with Crippen LogP contribution in [0.25, 0.3) is 0 Å².